The molecule has 0 heterocycles. The molecule has 0 amide bonds. The average Bonchev–Trinajstić information content (AvgIpc) is 2.63. The Hall–Kier alpha value is -1.18. The van der Waals surface area contributed by atoms with E-state index >= 15 is 0 Å². The van der Waals surface area contributed by atoms with Gasteiger partial charge in [-0.15, -0.1) is 0 Å². The fourth-order valence-electron chi connectivity index (χ4n) is 6.35. The van der Waals surface area contributed by atoms with Gasteiger partial charge in [0.05, 0.1) is 0 Å². The van der Waals surface area contributed by atoms with Gasteiger partial charge in [0.2, 0.25) is 0 Å². The Labute approximate surface area is 150 Å². The summed E-state index contributed by atoms with van der Waals surface area (Å²) < 4.78 is 26.8. The maximum Gasteiger partial charge on any atom is 0.159 e. The molecule has 0 radical (unpaired) electrons. The van der Waals surface area contributed by atoms with Gasteiger partial charge in [0.25, 0.3) is 0 Å². The van der Waals surface area contributed by atoms with Crippen molar-refractivity contribution in [3.63, 3.8) is 0 Å². The van der Waals surface area contributed by atoms with Crippen molar-refractivity contribution >= 4 is 0 Å². The van der Waals surface area contributed by atoms with Gasteiger partial charge in [-0.25, -0.2) is 8.78 Å². The fraction of sp³-hybridized carbons (Fsp3) is 0.652. The quantitative estimate of drug-likeness (QED) is 0.514. The highest BCUT2D eigenvalue weighted by Crippen LogP contribution is 2.54. The molecule has 0 aliphatic heterocycles. The van der Waals surface area contributed by atoms with E-state index in [2.05, 4.69) is 19.1 Å². The van der Waals surface area contributed by atoms with Crippen LogP contribution < -0.4 is 0 Å². The second-order valence-corrected chi connectivity index (χ2v) is 8.71. The maximum absolute atomic E-state index is 13.6. The van der Waals surface area contributed by atoms with E-state index in [0.717, 1.165) is 41.6 Å². The third-order valence-corrected chi connectivity index (χ3v) is 7.46. The topological polar surface area (TPSA) is 0 Å². The van der Waals surface area contributed by atoms with Crippen LogP contribution in [0.3, 0.4) is 0 Å². The Bertz CT molecular complexity index is 635. The summed E-state index contributed by atoms with van der Waals surface area (Å²) in [6, 6.07) is 4.54. The molecular formula is C23H30F2. The predicted octanol–water partition coefficient (Wildman–Crippen LogP) is 6.87. The van der Waals surface area contributed by atoms with E-state index < -0.39 is 11.6 Å². The monoisotopic (exact) mass is 344 g/mol. The van der Waals surface area contributed by atoms with Crippen LogP contribution in [0.1, 0.15) is 69.8 Å². The summed E-state index contributed by atoms with van der Waals surface area (Å²) in [6.07, 6.45) is 15.1. The zero-order valence-electron chi connectivity index (χ0n) is 15.3. The number of fused-ring (bicyclic) bond motifs is 3. The summed E-state index contributed by atoms with van der Waals surface area (Å²) in [7, 11) is 0. The minimum absolute atomic E-state index is 0.423. The number of hydrogen-bond donors (Lipinski definition) is 0. The lowest BCUT2D eigenvalue weighted by Gasteiger charge is -2.50. The number of benzene rings is 1. The molecule has 0 N–H and O–H groups in total. The molecule has 136 valence electrons. The summed E-state index contributed by atoms with van der Waals surface area (Å²) >= 11 is 0. The van der Waals surface area contributed by atoms with Gasteiger partial charge in [0.15, 0.2) is 11.6 Å². The van der Waals surface area contributed by atoms with Crippen LogP contribution >= 0.6 is 0 Å². The summed E-state index contributed by atoms with van der Waals surface area (Å²) in [5.41, 5.74) is 1.01. The molecule has 25 heavy (non-hydrogen) atoms. The highest BCUT2D eigenvalue weighted by Gasteiger charge is 2.44. The van der Waals surface area contributed by atoms with Crippen molar-refractivity contribution in [1.82, 2.24) is 0 Å². The van der Waals surface area contributed by atoms with Gasteiger partial charge in [0, 0.05) is 0 Å². The zero-order chi connectivity index (χ0) is 17.4. The predicted molar refractivity (Wildman–Crippen MR) is 98.3 cm³/mol. The summed E-state index contributed by atoms with van der Waals surface area (Å²) in [5.74, 6) is 3.34. The molecule has 4 rings (SSSR count). The van der Waals surface area contributed by atoms with E-state index in [4.69, 9.17) is 0 Å². The Morgan fingerprint density at radius 1 is 0.840 bits per heavy atom. The van der Waals surface area contributed by atoms with Crippen LogP contribution in [0.2, 0.25) is 0 Å². The second-order valence-electron chi connectivity index (χ2n) is 8.71. The molecule has 1 aromatic rings. The molecule has 0 nitrogen and oxygen atoms in total. The molecule has 0 saturated heterocycles. The van der Waals surface area contributed by atoms with Gasteiger partial charge in [-0.2, -0.15) is 0 Å². The van der Waals surface area contributed by atoms with Gasteiger partial charge >= 0.3 is 0 Å². The van der Waals surface area contributed by atoms with Crippen molar-refractivity contribution in [2.75, 3.05) is 0 Å². The first-order chi connectivity index (χ1) is 12.2. The lowest BCUT2D eigenvalue weighted by Crippen LogP contribution is -2.41. The van der Waals surface area contributed by atoms with Gasteiger partial charge in [-0.05, 0) is 111 Å². The van der Waals surface area contributed by atoms with Crippen molar-refractivity contribution in [2.24, 2.45) is 29.6 Å². The Kier molecular flexibility index (Phi) is 4.97. The second kappa shape index (κ2) is 7.21. The molecule has 0 bridgehead atoms. The van der Waals surface area contributed by atoms with Gasteiger partial charge in [-0.3, -0.25) is 0 Å². The number of halogens is 2. The van der Waals surface area contributed by atoms with E-state index in [1.807, 2.05) is 0 Å². The van der Waals surface area contributed by atoms with Gasteiger partial charge in [-0.1, -0.05) is 18.2 Å². The standard InChI is InChI=1S/C23H30F2/c1-2-3-15-4-9-20-18(12-15)5-6-19-13-16(7-10-21(19)20)17-8-11-22(24)23(25)14-17/h2-3,8,11,14-16,18-21H,4-7,9-10,12-13H2,1H3/t15-,16-,18-,19+,20+,21+/m1/s1. The summed E-state index contributed by atoms with van der Waals surface area (Å²) in [6.45, 7) is 2.14. The lowest BCUT2D eigenvalue weighted by atomic mass is 9.55. The van der Waals surface area contributed by atoms with Gasteiger partial charge in [0.1, 0.15) is 0 Å². The van der Waals surface area contributed by atoms with Crippen LogP contribution in [0, 0.1) is 41.2 Å². The van der Waals surface area contributed by atoms with E-state index in [0.29, 0.717) is 5.92 Å². The molecule has 0 spiro atoms. The van der Waals surface area contributed by atoms with Gasteiger partial charge < -0.3 is 0 Å². The fourth-order valence-corrected chi connectivity index (χ4v) is 6.35. The first kappa shape index (κ1) is 17.2. The molecule has 3 saturated carbocycles. The van der Waals surface area contributed by atoms with E-state index in [1.165, 1.54) is 57.1 Å². The smallest absolute Gasteiger partial charge is 0.159 e. The Balaban J connectivity index is 1.43. The van der Waals surface area contributed by atoms with Crippen LogP contribution in [0.25, 0.3) is 0 Å². The zero-order valence-corrected chi connectivity index (χ0v) is 15.3. The Morgan fingerprint density at radius 2 is 1.56 bits per heavy atom. The number of rotatable bonds is 2. The summed E-state index contributed by atoms with van der Waals surface area (Å²) in [5, 5.41) is 0. The van der Waals surface area contributed by atoms with Crippen LogP contribution in [0.4, 0.5) is 8.78 Å². The van der Waals surface area contributed by atoms with E-state index in [-0.39, 0.29) is 0 Å². The average molecular weight is 344 g/mol. The van der Waals surface area contributed by atoms with Crippen molar-refractivity contribution in [1.29, 1.82) is 0 Å². The maximum atomic E-state index is 13.6. The molecule has 3 aliphatic carbocycles. The normalized spacial score (nSPS) is 38.4. The van der Waals surface area contributed by atoms with Crippen molar-refractivity contribution in [2.45, 2.75) is 64.2 Å². The van der Waals surface area contributed by atoms with Crippen LogP contribution in [0.15, 0.2) is 30.4 Å². The van der Waals surface area contributed by atoms with Crippen LogP contribution in [0.5, 0.6) is 0 Å². The molecular weight excluding hydrogens is 314 g/mol. The molecule has 3 aliphatic rings. The number of hydrogen-bond acceptors (Lipinski definition) is 0. The molecule has 2 heteroatoms. The van der Waals surface area contributed by atoms with Crippen molar-refractivity contribution < 1.29 is 8.78 Å². The third kappa shape index (κ3) is 3.41. The first-order valence-corrected chi connectivity index (χ1v) is 10.2. The molecule has 1 aromatic carbocycles. The third-order valence-electron chi connectivity index (χ3n) is 7.46. The van der Waals surface area contributed by atoms with Crippen molar-refractivity contribution in [3.8, 4) is 0 Å². The molecule has 3 fully saturated rings. The first-order valence-electron chi connectivity index (χ1n) is 10.2. The minimum atomic E-state index is -0.726. The highest BCUT2D eigenvalue weighted by atomic mass is 19.2. The lowest BCUT2D eigenvalue weighted by molar-refractivity contribution is 0.0127. The summed E-state index contributed by atoms with van der Waals surface area (Å²) in [4.78, 5) is 0. The number of allylic oxidation sites excluding steroid dienone is 2. The molecule has 0 aromatic heterocycles. The van der Waals surface area contributed by atoms with E-state index in [1.54, 1.807) is 6.07 Å². The molecule has 6 atom stereocenters. The largest absolute Gasteiger partial charge is 0.204 e. The van der Waals surface area contributed by atoms with Crippen molar-refractivity contribution in [3.05, 3.63) is 47.5 Å². The highest BCUT2D eigenvalue weighted by molar-refractivity contribution is 5.22. The van der Waals surface area contributed by atoms with E-state index in [9.17, 15) is 8.78 Å². The SMILES string of the molecule is CC=C[C@@H]1CC[C@H]2[C@H](CC[C@H]3C[C@H](c4ccc(F)c(F)c4)CC[C@@H]32)C1. The van der Waals surface area contributed by atoms with Crippen LogP contribution in [-0.2, 0) is 0 Å². The van der Waals surface area contributed by atoms with Crippen LogP contribution in [-0.4, -0.2) is 0 Å². The minimum Gasteiger partial charge on any atom is -0.204 e. The molecule has 0 unspecified atom stereocenters. The Morgan fingerprint density at radius 3 is 2.28 bits per heavy atom.